The fourth-order valence-corrected chi connectivity index (χ4v) is 2.62. The van der Waals surface area contributed by atoms with Crippen LogP contribution in [0, 0.1) is 0 Å². The summed E-state index contributed by atoms with van der Waals surface area (Å²) < 4.78 is 0. The number of unbranched alkanes of at least 4 members (excludes halogenated alkanes) is 3. The largest absolute Gasteiger partial charge is 0.330 e. The van der Waals surface area contributed by atoms with Crippen LogP contribution in [0.25, 0.3) is 0 Å². The monoisotopic (exact) mass is 336 g/mol. The molecule has 20 heavy (non-hydrogen) atoms. The van der Waals surface area contributed by atoms with E-state index in [1.807, 2.05) is 18.4 Å². The first-order valence-electron chi connectivity index (χ1n) is 6.51. The van der Waals surface area contributed by atoms with E-state index in [0.717, 1.165) is 42.8 Å². The van der Waals surface area contributed by atoms with Gasteiger partial charge >= 0.3 is 0 Å². The van der Waals surface area contributed by atoms with E-state index >= 15 is 0 Å². The topological polar surface area (TPSA) is 55.1 Å². The van der Waals surface area contributed by atoms with Crippen molar-refractivity contribution >= 4 is 47.4 Å². The van der Waals surface area contributed by atoms with Gasteiger partial charge in [0.05, 0.1) is 5.02 Å². The van der Waals surface area contributed by atoms with Crippen LogP contribution in [0.2, 0.25) is 5.02 Å². The molecule has 0 aromatic heterocycles. The van der Waals surface area contributed by atoms with Crippen molar-refractivity contribution in [1.29, 1.82) is 0 Å². The Morgan fingerprint density at radius 1 is 1.30 bits per heavy atom. The van der Waals surface area contributed by atoms with E-state index < -0.39 is 0 Å². The second-order valence-corrected chi connectivity index (χ2v) is 5.61. The molecule has 1 rings (SSSR count). The van der Waals surface area contributed by atoms with Gasteiger partial charge in [0.2, 0.25) is 5.91 Å². The van der Waals surface area contributed by atoms with Crippen LogP contribution < -0.4 is 11.1 Å². The summed E-state index contributed by atoms with van der Waals surface area (Å²) in [4.78, 5) is 12.7. The van der Waals surface area contributed by atoms with E-state index in [1.54, 1.807) is 17.8 Å². The summed E-state index contributed by atoms with van der Waals surface area (Å²) in [6.07, 6.45) is 6.61. The molecule has 0 fully saturated rings. The highest BCUT2D eigenvalue weighted by molar-refractivity contribution is 7.98. The third kappa shape index (κ3) is 7.39. The zero-order valence-corrected chi connectivity index (χ0v) is 14.0. The normalized spacial score (nSPS) is 9.95. The van der Waals surface area contributed by atoms with Crippen LogP contribution in [-0.4, -0.2) is 18.7 Å². The van der Waals surface area contributed by atoms with Crippen molar-refractivity contribution < 1.29 is 4.79 Å². The van der Waals surface area contributed by atoms with Crippen molar-refractivity contribution in [2.75, 3.05) is 18.1 Å². The van der Waals surface area contributed by atoms with Gasteiger partial charge in [0, 0.05) is 17.0 Å². The smallest absolute Gasteiger partial charge is 0.224 e. The van der Waals surface area contributed by atoms with Gasteiger partial charge < -0.3 is 11.1 Å². The molecule has 0 aliphatic carbocycles. The lowest BCUT2D eigenvalue weighted by molar-refractivity contribution is -0.116. The molecule has 1 aromatic carbocycles. The van der Waals surface area contributed by atoms with Gasteiger partial charge in [-0.25, -0.2) is 0 Å². The number of carbonyl (C=O) groups excluding carboxylic acids is 1. The molecule has 1 aromatic rings. The average Bonchev–Trinajstić information content (AvgIpc) is 2.39. The van der Waals surface area contributed by atoms with E-state index in [1.165, 1.54) is 0 Å². The van der Waals surface area contributed by atoms with Crippen molar-refractivity contribution in [2.45, 2.75) is 37.0 Å². The zero-order chi connectivity index (χ0) is 14.1. The lowest BCUT2D eigenvalue weighted by Crippen LogP contribution is -2.11. The van der Waals surface area contributed by atoms with Crippen molar-refractivity contribution in [3.63, 3.8) is 0 Å². The van der Waals surface area contributed by atoms with Gasteiger partial charge in [-0.05, 0) is 43.8 Å². The highest BCUT2D eigenvalue weighted by Crippen LogP contribution is 2.28. The SMILES string of the molecule is CSc1ccc(NC(=O)CCCCCCN)cc1Cl.Cl. The number of rotatable bonds is 8. The number of nitrogens with one attached hydrogen (secondary N) is 1. The molecule has 0 aliphatic rings. The third-order valence-electron chi connectivity index (χ3n) is 2.79. The first kappa shape index (κ1) is 19.6. The maximum atomic E-state index is 11.7. The predicted molar refractivity (Wildman–Crippen MR) is 91.3 cm³/mol. The van der Waals surface area contributed by atoms with Gasteiger partial charge in [0.15, 0.2) is 0 Å². The summed E-state index contributed by atoms with van der Waals surface area (Å²) in [6.45, 7) is 0.729. The molecular weight excluding hydrogens is 315 g/mol. The first-order chi connectivity index (χ1) is 9.17. The predicted octanol–water partition coefficient (Wildman–Crippen LogP) is 4.33. The third-order valence-corrected chi connectivity index (χ3v) is 4.01. The van der Waals surface area contributed by atoms with Gasteiger partial charge in [0.1, 0.15) is 0 Å². The molecule has 0 unspecified atom stereocenters. The Hall–Kier alpha value is -0.420. The van der Waals surface area contributed by atoms with Crippen LogP contribution in [0.5, 0.6) is 0 Å². The average molecular weight is 337 g/mol. The van der Waals surface area contributed by atoms with Crippen molar-refractivity contribution in [3.05, 3.63) is 23.2 Å². The van der Waals surface area contributed by atoms with E-state index in [9.17, 15) is 4.79 Å². The minimum absolute atomic E-state index is 0. The van der Waals surface area contributed by atoms with Gasteiger partial charge in [-0.2, -0.15) is 0 Å². The van der Waals surface area contributed by atoms with Crippen LogP contribution in [-0.2, 0) is 4.79 Å². The molecule has 114 valence electrons. The van der Waals surface area contributed by atoms with Crippen molar-refractivity contribution in [3.8, 4) is 0 Å². The van der Waals surface area contributed by atoms with Crippen LogP contribution in [0.4, 0.5) is 5.69 Å². The number of anilines is 1. The van der Waals surface area contributed by atoms with Crippen molar-refractivity contribution in [1.82, 2.24) is 0 Å². The Morgan fingerprint density at radius 2 is 2.00 bits per heavy atom. The molecule has 0 spiro atoms. The number of amides is 1. The molecule has 0 bridgehead atoms. The number of nitrogens with two attached hydrogens (primary N) is 1. The number of hydrogen-bond donors (Lipinski definition) is 2. The summed E-state index contributed by atoms with van der Waals surface area (Å²) in [6, 6.07) is 5.59. The minimum Gasteiger partial charge on any atom is -0.330 e. The van der Waals surface area contributed by atoms with E-state index in [2.05, 4.69) is 5.32 Å². The van der Waals surface area contributed by atoms with Crippen LogP contribution in [0.3, 0.4) is 0 Å². The quantitative estimate of drug-likeness (QED) is 0.548. The fraction of sp³-hybridized carbons (Fsp3) is 0.500. The molecule has 3 nitrogen and oxygen atoms in total. The van der Waals surface area contributed by atoms with E-state index in [0.29, 0.717) is 11.4 Å². The van der Waals surface area contributed by atoms with Crippen LogP contribution in [0.15, 0.2) is 23.1 Å². The molecule has 1 amide bonds. The molecule has 0 heterocycles. The Labute approximate surface area is 136 Å². The Kier molecular flexibility index (Phi) is 11.0. The highest BCUT2D eigenvalue weighted by Gasteiger charge is 2.05. The lowest BCUT2D eigenvalue weighted by atomic mass is 10.1. The molecule has 0 atom stereocenters. The maximum Gasteiger partial charge on any atom is 0.224 e. The van der Waals surface area contributed by atoms with Crippen LogP contribution in [0.1, 0.15) is 32.1 Å². The Balaban J connectivity index is 0.00000361. The van der Waals surface area contributed by atoms with Gasteiger partial charge in [0.25, 0.3) is 0 Å². The summed E-state index contributed by atoms with van der Waals surface area (Å²) >= 11 is 7.68. The number of halogens is 2. The highest BCUT2D eigenvalue weighted by atomic mass is 35.5. The number of carbonyl (C=O) groups is 1. The number of hydrogen-bond acceptors (Lipinski definition) is 3. The number of thioether (sulfide) groups is 1. The second-order valence-electron chi connectivity index (χ2n) is 4.35. The van der Waals surface area contributed by atoms with E-state index in [4.69, 9.17) is 17.3 Å². The fourth-order valence-electron chi connectivity index (χ4n) is 1.75. The summed E-state index contributed by atoms with van der Waals surface area (Å²) in [5, 5.41) is 3.54. The van der Waals surface area contributed by atoms with Gasteiger partial charge in [-0.1, -0.05) is 24.4 Å². The van der Waals surface area contributed by atoms with Gasteiger partial charge in [-0.3, -0.25) is 4.79 Å². The Morgan fingerprint density at radius 3 is 2.60 bits per heavy atom. The molecule has 0 saturated carbocycles. The molecule has 0 radical (unpaired) electrons. The Bertz CT molecular complexity index is 416. The minimum atomic E-state index is 0. The molecule has 0 aliphatic heterocycles. The summed E-state index contributed by atoms with van der Waals surface area (Å²) in [5.74, 6) is 0.0423. The second kappa shape index (κ2) is 11.3. The lowest BCUT2D eigenvalue weighted by Gasteiger charge is -2.07. The van der Waals surface area contributed by atoms with Crippen molar-refractivity contribution in [2.24, 2.45) is 5.73 Å². The first-order valence-corrected chi connectivity index (χ1v) is 8.11. The maximum absolute atomic E-state index is 11.7. The molecule has 0 saturated heterocycles. The van der Waals surface area contributed by atoms with Gasteiger partial charge in [-0.15, -0.1) is 24.2 Å². The number of benzene rings is 1. The summed E-state index contributed by atoms with van der Waals surface area (Å²) in [7, 11) is 0. The van der Waals surface area contributed by atoms with E-state index in [-0.39, 0.29) is 18.3 Å². The zero-order valence-electron chi connectivity index (χ0n) is 11.7. The summed E-state index contributed by atoms with van der Waals surface area (Å²) in [5.41, 5.74) is 6.18. The van der Waals surface area contributed by atoms with Crippen LogP contribution >= 0.6 is 35.8 Å². The molecule has 6 heteroatoms. The molecular formula is C14H22Cl2N2OS. The molecule has 3 N–H and O–H groups in total. The standard InChI is InChI=1S/C14H21ClN2OS.ClH/c1-19-13-8-7-11(10-12(13)15)17-14(18)6-4-2-3-5-9-16;/h7-8,10H,2-6,9,16H2,1H3,(H,17,18);1H.